The Labute approximate surface area is 206 Å². The molecule has 0 N–H and O–H groups in total. The Bertz CT molecular complexity index is 1230. The van der Waals surface area contributed by atoms with Gasteiger partial charge in [-0.15, -0.1) is 0 Å². The molecule has 0 unspecified atom stereocenters. The van der Waals surface area contributed by atoms with Gasteiger partial charge in [0.1, 0.15) is 6.54 Å². The van der Waals surface area contributed by atoms with Crippen LogP contribution in [0.3, 0.4) is 0 Å². The number of rotatable bonds is 7. The molecule has 178 valence electrons. The predicted molar refractivity (Wildman–Crippen MR) is 135 cm³/mol. The third-order valence-electron chi connectivity index (χ3n) is 5.94. The van der Waals surface area contributed by atoms with Crippen LogP contribution in [0.25, 0.3) is 0 Å². The van der Waals surface area contributed by atoms with E-state index < -0.39 is 10.0 Å². The molecule has 6 nitrogen and oxygen atoms in total. The second-order valence-electron chi connectivity index (χ2n) is 8.45. The van der Waals surface area contributed by atoms with Gasteiger partial charge in [0.2, 0.25) is 5.91 Å². The molecule has 0 saturated carbocycles. The van der Waals surface area contributed by atoms with Gasteiger partial charge in [0, 0.05) is 37.7 Å². The van der Waals surface area contributed by atoms with Crippen molar-refractivity contribution in [2.45, 2.75) is 18.4 Å². The van der Waals surface area contributed by atoms with E-state index in [-0.39, 0.29) is 17.3 Å². The van der Waals surface area contributed by atoms with Gasteiger partial charge in [-0.2, -0.15) is 0 Å². The summed E-state index contributed by atoms with van der Waals surface area (Å²) in [5, 5.41) is 0.450. The van der Waals surface area contributed by atoms with Crippen LogP contribution in [0.2, 0.25) is 5.02 Å². The van der Waals surface area contributed by atoms with Crippen LogP contribution in [0.15, 0.2) is 83.8 Å². The number of hydrogen-bond acceptors (Lipinski definition) is 4. The normalized spacial score (nSPS) is 14.7. The van der Waals surface area contributed by atoms with E-state index in [2.05, 4.69) is 17.0 Å². The molecular formula is C26H28ClN3O3S. The molecule has 1 saturated heterocycles. The van der Waals surface area contributed by atoms with Crippen molar-refractivity contribution in [1.29, 1.82) is 0 Å². The zero-order chi connectivity index (χ0) is 24.1. The van der Waals surface area contributed by atoms with Gasteiger partial charge in [0.15, 0.2) is 0 Å². The van der Waals surface area contributed by atoms with Crippen LogP contribution in [-0.4, -0.2) is 56.8 Å². The molecule has 1 fully saturated rings. The number of anilines is 1. The van der Waals surface area contributed by atoms with Crippen molar-refractivity contribution in [1.82, 2.24) is 9.80 Å². The molecule has 0 aromatic heterocycles. The number of hydrogen-bond donors (Lipinski definition) is 0. The lowest BCUT2D eigenvalue weighted by Gasteiger charge is -2.36. The van der Waals surface area contributed by atoms with Gasteiger partial charge >= 0.3 is 0 Å². The highest BCUT2D eigenvalue weighted by Gasteiger charge is 2.30. The molecule has 4 rings (SSSR count). The van der Waals surface area contributed by atoms with Gasteiger partial charge in [-0.05, 0) is 54.4 Å². The van der Waals surface area contributed by atoms with E-state index in [1.54, 1.807) is 23.1 Å². The molecule has 0 spiro atoms. The van der Waals surface area contributed by atoms with Crippen molar-refractivity contribution in [3.63, 3.8) is 0 Å². The van der Waals surface area contributed by atoms with E-state index >= 15 is 0 Å². The highest BCUT2D eigenvalue weighted by molar-refractivity contribution is 7.92. The summed E-state index contributed by atoms with van der Waals surface area (Å²) in [5.41, 5.74) is 2.61. The third-order valence-corrected chi connectivity index (χ3v) is 7.98. The maximum Gasteiger partial charge on any atom is 0.264 e. The number of piperazine rings is 1. The zero-order valence-electron chi connectivity index (χ0n) is 19.1. The first kappa shape index (κ1) is 24.3. The number of halogens is 1. The molecule has 0 radical (unpaired) electrons. The van der Waals surface area contributed by atoms with Gasteiger partial charge in [-0.1, -0.05) is 54.1 Å². The Morgan fingerprint density at radius 3 is 2.24 bits per heavy atom. The standard InChI is InChI=1S/C26H28ClN3O3S/c1-21-6-5-9-24(18-21)30(34(32,33)25-12-10-23(27)11-13-25)20-26(31)29-16-14-28(15-17-29)19-22-7-3-2-4-8-22/h2-13,18H,14-17,19-20H2,1H3. The minimum atomic E-state index is -3.96. The van der Waals surface area contributed by atoms with Crippen LogP contribution in [0.5, 0.6) is 0 Å². The number of sulfonamides is 1. The van der Waals surface area contributed by atoms with Crippen molar-refractivity contribution in [2.24, 2.45) is 0 Å². The van der Waals surface area contributed by atoms with Crippen LogP contribution >= 0.6 is 11.6 Å². The molecular weight excluding hydrogens is 470 g/mol. The summed E-state index contributed by atoms with van der Waals surface area (Å²) in [6.07, 6.45) is 0. The molecule has 8 heteroatoms. The predicted octanol–water partition coefficient (Wildman–Crippen LogP) is 4.19. The molecule has 0 atom stereocenters. The highest BCUT2D eigenvalue weighted by atomic mass is 35.5. The average Bonchev–Trinajstić information content (AvgIpc) is 2.83. The van der Waals surface area contributed by atoms with E-state index in [9.17, 15) is 13.2 Å². The lowest BCUT2D eigenvalue weighted by molar-refractivity contribution is -0.131. The van der Waals surface area contributed by atoms with E-state index in [4.69, 9.17) is 11.6 Å². The number of aryl methyl sites for hydroxylation is 1. The number of nitrogens with zero attached hydrogens (tertiary/aromatic N) is 3. The topological polar surface area (TPSA) is 60.9 Å². The first-order valence-corrected chi connectivity index (χ1v) is 13.0. The molecule has 0 aliphatic carbocycles. The Kier molecular flexibility index (Phi) is 7.56. The van der Waals surface area contributed by atoms with Crippen molar-refractivity contribution in [3.8, 4) is 0 Å². The maximum absolute atomic E-state index is 13.5. The van der Waals surface area contributed by atoms with E-state index in [0.717, 1.165) is 25.2 Å². The van der Waals surface area contributed by atoms with Crippen LogP contribution < -0.4 is 4.31 Å². The van der Waals surface area contributed by atoms with Gasteiger partial charge in [-0.3, -0.25) is 14.0 Å². The number of carbonyl (C=O) groups is 1. The second-order valence-corrected chi connectivity index (χ2v) is 10.7. The van der Waals surface area contributed by atoms with Crippen LogP contribution in [0.4, 0.5) is 5.69 Å². The SMILES string of the molecule is Cc1cccc(N(CC(=O)N2CCN(Cc3ccccc3)CC2)S(=O)(=O)c2ccc(Cl)cc2)c1. The molecule has 1 amide bonds. The Balaban J connectivity index is 1.49. The van der Waals surface area contributed by atoms with Gasteiger partial charge in [0.25, 0.3) is 10.0 Å². The average molecular weight is 498 g/mol. The summed E-state index contributed by atoms with van der Waals surface area (Å²) in [4.78, 5) is 17.4. The smallest absolute Gasteiger partial charge is 0.264 e. The highest BCUT2D eigenvalue weighted by Crippen LogP contribution is 2.26. The maximum atomic E-state index is 13.5. The first-order valence-electron chi connectivity index (χ1n) is 11.2. The fraction of sp³-hybridized carbons (Fsp3) is 0.269. The molecule has 3 aromatic carbocycles. The lowest BCUT2D eigenvalue weighted by Crippen LogP contribution is -2.51. The third kappa shape index (κ3) is 5.78. The molecule has 34 heavy (non-hydrogen) atoms. The summed E-state index contributed by atoms with van der Waals surface area (Å²) in [7, 11) is -3.96. The first-order chi connectivity index (χ1) is 16.3. The molecule has 1 aliphatic heterocycles. The zero-order valence-corrected chi connectivity index (χ0v) is 20.7. The van der Waals surface area contributed by atoms with Crippen LogP contribution in [-0.2, 0) is 21.4 Å². The summed E-state index contributed by atoms with van der Waals surface area (Å²) in [6.45, 7) is 5.09. The van der Waals surface area contributed by atoms with Crippen LogP contribution in [0, 0.1) is 6.92 Å². The minimum Gasteiger partial charge on any atom is -0.339 e. The van der Waals surface area contributed by atoms with Crippen molar-refractivity contribution in [3.05, 3.63) is 95.0 Å². The van der Waals surface area contributed by atoms with E-state index in [0.29, 0.717) is 23.8 Å². The Morgan fingerprint density at radius 2 is 1.59 bits per heavy atom. The minimum absolute atomic E-state index is 0.0962. The molecule has 3 aromatic rings. The van der Waals surface area contributed by atoms with Crippen molar-refractivity contribution >= 4 is 33.2 Å². The van der Waals surface area contributed by atoms with E-state index in [1.165, 1.54) is 34.1 Å². The summed E-state index contributed by atoms with van der Waals surface area (Å²) in [6, 6.07) is 23.4. The Morgan fingerprint density at radius 1 is 0.912 bits per heavy atom. The second kappa shape index (κ2) is 10.6. The lowest BCUT2D eigenvalue weighted by atomic mass is 10.2. The number of carbonyl (C=O) groups excluding carboxylic acids is 1. The summed E-state index contributed by atoms with van der Waals surface area (Å²) in [5.74, 6) is -0.210. The van der Waals surface area contributed by atoms with Gasteiger partial charge < -0.3 is 4.90 Å². The quantitative estimate of drug-likeness (QED) is 0.491. The van der Waals surface area contributed by atoms with Gasteiger partial charge in [-0.25, -0.2) is 8.42 Å². The fourth-order valence-electron chi connectivity index (χ4n) is 4.05. The number of benzene rings is 3. The fourth-order valence-corrected chi connectivity index (χ4v) is 5.58. The monoisotopic (exact) mass is 497 g/mol. The largest absolute Gasteiger partial charge is 0.339 e. The number of amides is 1. The molecule has 1 aliphatic rings. The Hall–Kier alpha value is -2.87. The summed E-state index contributed by atoms with van der Waals surface area (Å²) < 4.78 is 28.3. The summed E-state index contributed by atoms with van der Waals surface area (Å²) >= 11 is 5.95. The van der Waals surface area contributed by atoms with Gasteiger partial charge in [0.05, 0.1) is 10.6 Å². The van der Waals surface area contributed by atoms with Crippen molar-refractivity contribution in [2.75, 3.05) is 37.0 Å². The molecule has 1 heterocycles. The molecule has 0 bridgehead atoms. The van der Waals surface area contributed by atoms with Crippen molar-refractivity contribution < 1.29 is 13.2 Å². The van der Waals surface area contributed by atoms with E-state index in [1.807, 2.05) is 31.2 Å². The van der Waals surface area contributed by atoms with Crippen LogP contribution in [0.1, 0.15) is 11.1 Å².